The van der Waals surface area contributed by atoms with Gasteiger partial charge < -0.3 is 10.4 Å². The second kappa shape index (κ2) is 13.3. The highest BCUT2D eigenvalue weighted by atomic mass is 16.4. The molecule has 2 atom stereocenters. The monoisotopic (exact) mass is 470 g/mol. The van der Waals surface area contributed by atoms with Gasteiger partial charge in [-0.05, 0) is 43.7 Å². The summed E-state index contributed by atoms with van der Waals surface area (Å²) in [4.78, 5) is 50.2. The molecule has 7 nitrogen and oxygen atoms in total. The van der Waals surface area contributed by atoms with Gasteiger partial charge in [-0.2, -0.15) is 0 Å². The molecule has 1 fully saturated rings. The number of carbonyl (C=O) groups is 4. The molecule has 1 saturated carbocycles. The third kappa shape index (κ3) is 7.15. The number of carboxylic acid groups (broad SMARTS) is 1. The largest absolute Gasteiger partial charge is 0.481 e. The molecule has 1 heterocycles. The Kier molecular flexibility index (Phi) is 10.1. The molecule has 34 heavy (non-hydrogen) atoms. The molecule has 1 aliphatic carbocycles. The van der Waals surface area contributed by atoms with Gasteiger partial charge in [0.25, 0.3) is 11.8 Å². The van der Waals surface area contributed by atoms with Crippen LogP contribution in [-0.2, 0) is 9.59 Å². The molecular weight excluding hydrogens is 432 g/mol. The van der Waals surface area contributed by atoms with Crippen molar-refractivity contribution in [3.05, 3.63) is 35.4 Å². The lowest BCUT2D eigenvalue weighted by Crippen LogP contribution is -2.43. The van der Waals surface area contributed by atoms with E-state index in [1.165, 1.54) is 4.90 Å². The average Bonchev–Trinajstić information content (AvgIpc) is 3.07. The van der Waals surface area contributed by atoms with Crippen LogP contribution >= 0.6 is 0 Å². The minimum absolute atomic E-state index is 0.0112. The maximum absolute atomic E-state index is 12.9. The number of hydrogen-bond donors (Lipinski definition) is 2. The van der Waals surface area contributed by atoms with E-state index in [9.17, 15) is 19.2 Å². The van der Waals surface area contributed by atoms with Crippen molar-refractivity contribution in [1.82, 2.24) is 10.2 Å². The molecular formula is C27H38N2O5. The van der Waals surface area contributed by atoms with E-state index in [1.54, 1.807) is 24.3 Å². The van der Waals surface area contributed by atoms with Gasteiger partial charge in [-0.25, -0.2) is 0 Å². The molecule has 1 aromatic rings. The van der Waals surface area contributed by atoms with E-state index in [1.807, 2.05) is 0 Å². The van der Waals surface area contributed by atoms with Gasteiger partial charge in [-0.3, -0.25) is 24.1 Å². The molecule has 0 aromatic heterocycles. The van der Waals surface area contributed by atoms with Gasteiger partial charge >= 0.3 is 5.97 Å². The molecule has 3 rings (SSSR count). The van der Waals surface area contributed by atoms with Crippen molar-refractivity contribution in [3.63, 3.8) is 0 Å². The Morgan fingerprint density at radius 3 is 2.03 bits per heavy atom. The van der Waals surface area contributed by atoms with Crippen molar-refractivity contribution in [2.75, 3.05) is 13.1 Å². The second-order valence-electron chi connectivity index (χ2n) is 9.68. The summed E-state index contributed by atoms with van der Waals surface area (Å²) in [6, 6.07) is 6.93. The molecule has 0 saturated heterocycles. The Balaban J connectivity index is 1.34. The first-order chi connectivity index (χ1) is 16.5. The van der Waals surface area contributed by atoms with E-state index in [0.29, 0.717) is 24.2 Å². The van der Waals surface area contributed by atoms with Crippen LogP contribution in [0.1, 0.15) is 104 Å². The van der Waals surface area contributed by atoms with Crippen molar-refractivity contribution in [2.45, 2.75) is 83.5 Å². The Hall–Kier alpha value is -2.70. The van der Waals surface area contributed by atoms with Crippen molar-refractivity contribution >= 4 is 23.7 Å². The summed E-state index contributed by atoms with van der Waals surface area (Å²) in [6.45, 7) is 0.977. The molecule has 2 unspecified atom stereocenters. The Morgan fingerprint density at radius 1 is 0.853 bits per heavy atom. The minimum Gasteiger partial charge on any atom is -0.481 e. The Morgan fingerprint density at radius 2 is 1.41 bits per heavy atom. The highest BCUT2D eigenvalue weighted by Gasteiger charge is 2.39. The number of amides is 3. The summed E-state index contributed by atoms with van der Waals surface area (Å²) in [6.07, 6.45) is 12.2. The first-order valence-electron chi connectivity index (χ1n) is 12.9. The maximum atomic E-state index is 12.9. The highest BCUT2D eigenvalue weighted by molar-refractivity contribution is 6.21. The topological polar surface area (TPSA) is 104 Å². The van der Waals surface area contributed by atoms with Gasteiger partial charge in [0.1, 0.15) is 0 Å². The first kappa shape index (κ1) is 25.9. The van der Waals surface area contributed by atoms with Gasteiger partial charge in [0.2, 0.25) is 5.91 Å². The van der Waals surface area contributed by atoms with Crippen molar-refractivity contribution in [1.29, 1.82) is 0 Å². The summed E-state index contributed by atoms with van der Waals surface area (Å²) >= 11 is 0. The fourth-order valence-corrected chi connectivity index (χ4v) is 5.22. The predicted molar refractivity (Wildman–Crippen MR) is 129 cm³/mol. The standard InChI is InChI=1S/C27H38N2O5/c30-24(31)17-7-5-3-1-2-4-6-12-18-28-25(32)21-14-9-8-13-20(21)19-29-26(33)22-15-10-11-16-23(22)27(29)34/h10-11,15-16,20-21H,1-9,12-14,17-19H2,(H,28,32)(H,30,31). The van der Waals surface area contributed by atoms with Crippen LogP contribution in [0.5, 0.6) is 0 Å². The zero-order valence-corrected chi connectivity index (χ0v) is 20.1. The van der Waals surface area contributed by atoms with E-state index < -0.39 is 5.97 Å². The van der Waals surface area contributed by atoms with Crippen LogP contribution in [0.15, 0.2) is 24.3 Å². The minimum atomic E-state index is -0.717. The molecule has 0 spiro atoms. The lowest BCUT2D eigenvalue weighted by atomic mass is 9.78. The molecule has 1 aliphatic heterocycles. The van der Waals surface area contributed by atoms with Gasteiger partial charge in [-0.15, -0.1) is 0 Å². The Labute approximate surface area is 202 Å². The van der Waals surface area contributed by atoms with Crippen molar-refractivity contribution in [3.8, 4) is 0 Å². The van der Waals surface area contributed by atoms with Crippen LogP contribution in [0.4, 0.5) is 0 Å². The predicted octanol–water partition coefficient (Wildman–Crippen LogP) is 4.80. The van der Waals surface area contributed by atoms with E-state index in [2.05, 4.69) is 5.32 Å². The van der Waals surface area contributed by atoms with Crippen LogP contribution in [0.3, 0.4) is 0 Å². The number of aliphatic carboxylic acids is 1. The summed E-state index contributed by atoms with van der Waals surface area (Å²) in [5.74, 6) is -1.29. The molecule has 7 heteroatoms. The number of benzene rings is 1. The van der Waals surface area contributed by atoms with Gasteiger partial charge in [0.15, 0.2) is 0 Å². The van der Waals surface area contributed by atoms with E-state index in [4.69, 9.17) is 5.11 Å². The number of unbranched alkanes of at least 4 members (excludes halogenated alkanes) is 7. The van der Waals surface area contributed by atoms with Crippen LogP contribution in [0.2, 0.25) is 0 Å². The zero-order valence-electron chi connectivity index (χ0n) is 20.1. The number of nitrogens with zero attached hydrogens (tertiary/aromatic N) is 1. The maximum Gasteiger partial charge on any atom is 0.303 e. The number of imide groups is 1. The number of rotatable bonds is 14. The molecule has 186 valence electrons. The number of hydrogen-bond acceptors (Lipinski definition) is 4. The fourth-order valence-electron chi connectivity index (χ4n) is 5.22. The van der Waals surface area contributed by atoms with Crippen LogP contribution < -0.4 is 5.32 Å². The summed E-state index contributed by atoms with van der Waals surface area (Å²) in [5, 5.41) is 11.7. The van der Waals surface area contributed by atoms with E-state index in [0.717, 1.165) is 77.0 Å². The van der Waals surface area contributed by atoms with Crippen LogP contribution in [-0.4, -0.2) is 46.8 Å². The molecule has 2 N–H and O–H groups in total. The SMILES string of the molecule is O=C(O)CCCCCCCCCCNC(=O)C1CCCCC1CN1C(=O)c2ccccc2C1=O. The molecule has 1 aromatic carbocycles. The van der Waals surface area contributed by atoms with Crippen molar-refractivity contribution < 1.29 is 24.3 Å². The molecule has 3 amide bonds. The number of carboxylic acids is 1. The second-order valence-corrected chi connectivity index (χ2v) is 9.68. The number of nitrogens with one attached hydrogen (secondary N) is 1. The first-order valence-corrected chi connectivity index (χ1v) is 12.9. The average molecular weight is 471 g/mol. The lowest BCUT2D eigenvalue weighted by Gasteiger charge is -2.32. The van der Waals surface area contributed by atoms with Crippen molar-refractivity contribution in [2.24, 2.45) is 11.8 Å². The summed E-state index contributed by atoms with van der Waals surface area (Å²) in [7, 11) is 0. The molecule has 2 aliphatic rings. The summed E-state index contributed by atoms with van der Waals surface area (Å²) in [5.41, 5.74) is 0.925. The van der Waals surface area contributed by atoms with Crippen LogP contribution in [0.25, 0.3) is 0 Å². The van der Waals surface area contributed by atoms with E-state index in [-0.39, 0.29) is 36.0 Å². The molecule has 0 radical (unpaired) electrons. The van der Waals surface area contributed by atoms with Gasteiger partial charge in [-0.1, -0.05) is 63.5 Å². The summed E-state index contributed by atoms with van der Waals surface area (Å²) < 4.78 is 0. The van der Waals surface area contributed by atoms with Gasteiger partial charge in [0.05, 0.1) is 11.1 Å². The quantitative estimate of drug-likeness (QED) is 0.300. The van der Waals surface area contributed by atoms with Gasteiger partial charge in [0, 0.05) is 25.4 Å². The Bertz CT molecular complexity index is 833. The molecule has 0 bridgehead atoms. The van der Waals surface area contributed by atoms with E-state index >= 15 is 0 Å². The highest BCUT2D eigenvalue weighted by Crippen LogP contribution is 2.33. The van der Waals surface area contributed by atoms with Crippen LogP contribution in [0, 0.1) is 11.8 Å². The smallest absolute Gasteiger partial charge is 0.303 e. The lowest BCUT2D eigenvalue weighted by molar-refractivity contribution is -0.137. The third-order valence-corrected chi connectivity index (χ3v) is 7.16. The number of carbonyl (C=O) groups excluding carboxylic acids is 3. The third-order valence-electron chi connectivity index (χ3n) is 7.16. The normalized spacial score (nSPS) is 19.8. The zero-order chi connectivity index (χ0) is 24.3. The number of fused-ring (bicyclic) bond motifs is 1. The fraction of sp³-hybridized carbons (Fsp3) is 0.630.